The monoisotopic (exact) mass is 1890 g/mol. The summed E-state index contributed by atoms with van der Waals surface area (Å²) in [5, 5.41) is 10.6. The summed E-state index contributed by atoms with van der Waals surface area (Å²) in [6, 6.07) is -5.09. The number of hydroxylamine groups is 18. The van der Waals surface area contributed by atoms with Gasteiger partial charge in [-0.1, -0.05) is 0 Å². The zero-order valence-corrected chi connectivity index (χ0v) is 76.5. The fourth-order valence-electron chi connectivity index (χ4n) is 17.8. The van der Waals surface area contributed by atoms with Gasteiger partial charge in [-0.05, 0) is 103 Å². The number of hydrogen-bond donors (Lipinski definition) is 7. The van der Waals surface area contributed by atoms with Gasteiger partial charge in [-0.15, -0.1) is 0 Å². The average Bonchev–Trinajstić information content (AvgIpc) is 1.67. The number of likely N-dealkylation sites (N-methyl/N-ethyl adjacent to an activating group) is 1. The second-order valence-corrected chi connectivity index (χ2v) is 35.1. The number of amides is 22. The Hall–Kier alpha value is -10.00. The fraction of sp³-hybridized carbons (Fsp3) is 0.803. The van der Waals surface area contributed by atoms with Crippen LogP contribution in [0.2, 0.25) is 0 Å². The van der Waals surface area contributed by atoms with E-state index in [2.05, 4.69) is 43.1 Å². The minimum absolute atomic E-state index is 0.00569. The maximum Gasteiger partial charge on any atom is 0.345 e. The number of likely N-dealkylation sites (tertiary alicyclic amines) is 1. The van der Waals surface area contributed by atoms with Crippen LogP contribution in [-0.4, -0.2) is 477 Å². The van der Waals surface area contributed by atoms with Crippen LogP contribution >= 0.6 is 0 Å². The van der Waals surface area contributed by atoms with Crippen molar-refractivity contribution in [1.82, 2.24) is 118 Å². The third-order valence-electron chi connectivity index (χ3n) is 24.6. The lowest BCUT2D eigenvalue weighted by molar-refractivity contribution is -0.147. The molecule has 131 heavy (non-hydrogen) atoms. The summed E-state index contributed by atoms with van der Waals surface area (Å²) in [6.07, 6.45) is 11.1. The van der Waals surface area contributed by atoms with Crippen LogP contribution < -0.4 is 38.2 Å². The van der Waals surface area contributed by atoms with Crippen LogP contribution in [0.4, 0.5) is 33.6 Å². The average molecular weight is 1890 g/mol. The first-order valence-corrected chi connectivity index (χ1v) is 45.8. The molecule has 0 unspecified atom stereocenters. The van der Waals surface area contributed by atoms with Gasteiger partial charge in [-0.2, -0.15) is 30.4 Å². The maximum atomic E-state index is 12.4. The van der Waals surface area contributed by atoms with Gasteiger partial charge in [0.1, 0.15) is 46.1 Å². The second-order valence-electron chi connectivity index (χ2n) is 32.8. The van der Waals surface area contributed by atoms with Gasteiger partial charge in [0.15, 0.2) is 6.61 Å². The molecular formula is C76H127N23O31S. The van der Waals surface area contributed by atoms with Crippen molar-refractivity contribution in [3.8, 4) is 0 Å². The van der Waals surface area contributed by atoms with E-state index in [0.29, 0.717) is 156 Å². The van der Waals surface area contributed by atoms with E-state index in [0.717, 1.165) is 58.0 Å². The van der Waals surface area contributed by atoms with Crippen molar-refractivity contribution in [1.29, 1.82) is 0 Å². The Labute approximate surface area is 757 Å². The number of carbonyl (C=O) groups is 15. The molecule has 15 fully saturated rings. The first-order chi connectivity index (χ1) is 62.9. The zero-order valence-electron chi connectivity index (χ0n) is 75.7. The van der Waals surface area contributed by atoms with E-state index in [1.165, 1.54) is 102 Å². The normalized spacial score (nSPS) is 26.4. The zero-order chi connectivity index (χ0) is 94.8. The highest BCUT2D eigenvalue weighted by Crippen LogP contribution is 2.36. The Morgan fingerprint density at radius 3 is 0.939 bits per heavy atom. The third kappa shape index (κ3) is 26.5. The van der Waals surface area contributed by atoms with Gasteiger partial charge in [0, 0.05) is 119 Å². The van der Waals surface area contributed by atoms with Crippen molar-refractivity contribution < 1.29 is 148 Å². The topological polar surface area (TPSA) is 555 Å². The lowest BCUT2D eigenvalue weighted by atomic mass is 10.0. The number of nitrogens with one attached hydrogen (secondary N) is 7. The third-order valence-corrected chi connectivity index (χ3v) is 25.5. The number of piperidine rings is 6. The summed E-state index contributed by atoms with van der Waals surface area (Å²) in [7, 11) is 10.7. The molecule has 0 aromatic carbocycles. The first-order valence-electron chi connectivity index (χ1n) is 43.7. The number of nitrogens with zero attached hydrogens (tertiary/aromatic N) is 16. The van der Waals surface area contributed by atoms with E-state index in [4.69, 9.17) is 67.5 Å². The largest absolute Gasteiger partial charge is 0.382 e. The molecule has 15 aliphatic heterocycles. The summed E-state index contributed by atoms with van der Waals surface area (Å²) < 4.78 is 31.5. The highest BCUT2D eigenvalue weighted by Gasteiger charge is 2.54. The minimum Gasteiger partial charge on any atom is -0.382 e. The molecule has 0 aromatic rings. The Morgan fingerprint density at radius 1 is 0.351 bits per heavy atom. The van der Waals surface area contributed by atoms with Crippen molar-refractivity contribution in [3.05, 3.63) is 0 Å². The summed E-state index contributed by atoms with van der Waals surface area (Å²) in [5.74, 6) is -2.34. The summed E-state index contributed by atoms with van der Waals surface area (Å²) in [5.41, 5.74) is 14.0. The van der Waals surface area contributed by atoms with Crippen LogP contribution in [0.15, 0.2) is 0 Å². The molecule has 15 heterocycles. The van der Waals surface area contributed by atoms with Gasteiger partial charge in [0.05, 0.1) is 131 Å². The molecule has 15 saturated heterocycles. The van der Waals surface area contributed by atoms with Crippen molar-refractivity contribution in [2.45, 2.75) is 169 Å². The van der Waals surface area contributed by atoms with Gasteiger partial charge in [0.25, 0.3) is 41.4 Å². The number of methoxy groups -OCH3 is 2. The van der Waals surface area contributed by atoms with Gasteiger partial charge in [0.2, 0.25) is 5.91 Å². The van der Waals surface area contributed by atoms with Gasteiger partial charge in [-0.25, -0.2) is 74.9 Å². The molecule has 0 spiro atoms. The SMILES string of the molecule is COCCONC(=O)[C@@H]1CC[C@@H]2CN1C(=O)N2OC.COCCONC(=O)[C@@H]1CC[C@@H]2CN1C(=O)N2OC.CON1C(=O)N2C[C@H]1CC[C@H]2C(=O)NOCC(=O)N1CCCN(C)CC1.CON1C(=O)N2C[C@H]1CC[C@H]2C(=O)NOCCN1CCCC1=O.CON1C(=O)N2C[C@H]1CC[C@H]2C(=O)NOCCN1CCNC1=O.CON1C(=O)N2C[C@H]1CC[C@H]2C(=O)NOCCS(C)(=O)=O. The molecule has 0 saturated carbocycles. The molecule has 15 aliphatic rings. The van der Waals surface area contributed by atoms with E-state index < -0.39 is 57.9 Å². The molecule has 7 N–H and O–H groups in total. The van der Waals surface area contributed by atoms with Gasteiger partial charge in [-0.3, -0.25) is 96.4 Å². The van der Waals surface area contributed by atoms with E-state index >= 15 is 0 Å². The summed E-state index contributed by atoms with van der Waals surface area (Å²) in [6.45, 7) is 10.4. The van der Waals surface area contributed by atoms with E-state index in [1.54, 1.807) is 28.9 Å². The second kappa shape index (κ2) is 49.7. The Bertz CT molecular complexity index is 3910. The molecule has 22 amide bonds. The Kier molecular flexibility index (Phi) is 39.1. The fourth-order valence-corrected chi connectivity index (χ4v) is 18.2. The van der Waals surface area contributed by atoms with Gasteiger partial charge < -0.3 is 63.8 Å². The van der Waals surface area contributed by atoms with Crippen molar-refractivity contribution in [2.75, 3.05) is 227 Å². The number of sulfone groups is 1. The minimum atomic E-state index is -3.14. The molecule has 0 aliphatic carbocycles. The lowest BCUT2D eigenvalue weighted by Crippen LogP contribution is -2.50. The van der Waals surface area contributed by atoms with Gasteiger partial charge >= 0.3 is 42.2 Å². The van der Waals surface area contributed by atoms with Crippen LogP contribution in [0, 0.1) is 0 Å². The van der Waals surface area contributed by atoms with Crippen LogP contribution in [0.3, 0.4) is 0 Å². The molecule has 54 nitrogen and oxygen atoms in total. The maximum absolute atomic E-state index is 12.4. The highest BCUT2D eigenvalue weighted by molar-refractivity contribution is 7.90. The van der Waals surface area contributed by atoms with Crippen molar-refractivity contribution >= 4 is 99.3 Å². The lowest BCUT2D eigenvalue weighted by Gasteiger charge is -2.29. The molecule has 0 aromatic heterocycles. The molecule has 15 rings (SSSR count). The number of hydrogen-bond acceptors (Lipinski definition) is 32. The Balaban J connectivity index is 0.000000164. The van der Waals surface area contributed by atoms with Crippen LogP contribution in [-0.2, 0) is 116 Å². The molecule has 12 atom stereocenters. The number of fused-ring (bicyclic) bond motifs is 12. The van der Waals surface area contributed by atoms with Crippen LogP contribution in [0.5, 0.6) is 0 Å². The molecule has 12 bridgehead atoms. The molecular weight excluding hydrogens is 1760 g/mol. The van der Waals surface area contributed by atoms with Crippen molar-refractivity contribution in [2.24, 2.45) is 0 Å². The predicted octanol–water partition coefficient (Wildman–Crippen LogP) is -4.67. The number of urea groups is 7. The standard InChI is InChI=1S/C16H27N5O5.C14H22N4O5.C13H21N5O5.C11H19N3O6S.2C11H19N3O5/c1-18-6-3-7-19(9-8-18)14(22)11-26-17-15(23)13-5-4-12-10-20(13)16(24)21(12)25-2;1-22-18-10-4-5-11(17(9-10)14(18)21)13(20)15-23-8-7-16-6-2-3-12(16)19;1-22-18-9-2-3-10(17(8-9)13(18)21)11(19)15-23-7-6-16-5-4-14-12(16)20;1-19-14-8-3-4-9(13(7-8)11(14)16)10(15)12-20-5-6-21(2,17)18;2*1-17-5-6-19-12-10(15)9-4-3-8-7-13(9)11(16)14(8)18-2/h12-13H,3-11H2,1-2H3,(H,17,23);10-11H,2-9H2,1H3,(H,15,20);9-10H,2-8H2,1H3,(H,14,20)(H,15,19);8-9H,3-7H2,1-2H3,(H,12,15);2*8-9H,3-7H2,1-2H3,(H,12,15)/t12-,13+;10-,11+;9-,10+;3*8-,9+/m111111/s1. The quantitative estimate of drug-likeness (QED) is 0.0232. The number of rotatable bonds is 35. The molecule has 738 valence electrons. The molecule has 55 heteroatoms. The van der Waals surface area contributed by atoms with E-state index in [-0.39, 0.29) is 159 Å². The van der Waals surface area contributed by atoms with Crippen LogP contribution in [0.1, 0.15) is 96.3 Å². The van der Waals surface area contributed by atoms with Crippen molar-refractivity contribution in [3.63, 3.8) is 0 Å². The van der Waals surface area contributed by atoms with E-state index in [9.17, 15) is 80.3 Å². The van der Waals surface area contributed by atoms with E-state index in [1.807, 2.05) is 7.05 Å². The number of ether oxygens (including phenoxy) is 2. The smallest absolute Gasteiger partial charge is 0.345 e. The van der Waals surface area contributed by atoms with Crippen LogP contribution in [0.25, 0.3) is 0 Å². The summed E-state index contributed by atoms with van der Waals surface area (Å²) in [4.78, 5) is 257. The first kappa shape index (κ1) is 103. The Morgan fingerprint density at radius 2 is 0.656 bits per heavy atom. The molecule has 0 radical (unpaired) electrons. The highest BCUT2D eigenvalue weighted by atomic mass is 32.2. The predicted molar refractivity (Wildman–Crippen MR) is 444 cm³/mol. The summed E-state index contributed by atoms with van der Waals surface area (Å²) >= 11 is 0. The number of carbonyl (C=O) groups excluding carboxylic acids is 15.